The van der Waals surface area contributed by atoms with Crippen molar-refractivity contribution in [2.45, 2.75) is 280 Å². The van der Waals surface area contributed by atoms with Gasteiger partial charge in [-0.15, -0.1) is 0 Å². The Labute approximate surface area is 727 Å². The third-order valence-electron chi connectivity index (χ3n) is 19.1. The molecule has 32 nitrogen and oxygen atoms in total. The van der Waals surface area contributed by atoms with E-state index in [2.05, 4.69) is 46.3 Å². The van der Waals surface area contributed by atoms with Gasteiger partial charge in [-0.25, -0.2) is 4.79 Å². The molecule has 706 valence electrons. The van der Waals surface area contributed by atoms with Gasteiger partial charge in [0.05, 0.1) is 109 Å². The SMILES string of the molecule is CC(C)[C@@H]1CC[C@@H](C)C[C@H]1O.CC(C)[C@@H]1CC[C@@H](C)C[C@H]1OC(=O)C(O)CO.CCCC(CCC)C(=O)O.CCCC(CCC)C(=O)OCCC(=O)OC(CO)CO.CCCC(CCC)C(=O)OCCC(=O)OCC(O)CO.O=C(CCC(=O)OC(CO)CO)Oc1ccccc1.O=C(CCC(=O)Oc1ccccc1)OCC(O)CO.Oc1ccccc1. The number of aliphatic hydroxyl groups excluding tert-OH is 11. The van der Waals surface area contributed by atoms with Crippen LogP contribution in [0.1, 0.15) is 237 Å². The molecule has 2 fully saturated rings. The molecule has 3 aromatic carbocycles. The summed E-state index contributed by atoms with van der Waals surface area (Å²) in [5.74, 6) is -1.26. The molecule has 2 aliphatic rings. The van der Waals surface area contributed by atoms with Gasteiger partial charge in [0.15, 0.2) is 6.10 Å². The summed E-state index contributed by atoms with van der Waals surface area (Å²) in [5.41, 5.74) is 0. The molecule has 123 heavy (non-hydrogen) atoms. The Kier molecular flexibility index (Phi) is 73.6. The molecule has 0 saturated heterocycles. The van der Waals surface area contributed by atoms with Gasteiger partial charge in [0.2, 0.25) is 0 Å². The second-order valence-corrected chi connectivity index (χ2v) is 30.8. The van der Waals surface area contributed by atoms with Crippen LogP contribution in [-0.4, -0.2) is 241 Å². The maximum atomic E-state index is 11.8. The number of carbonyl (C=O) groups is 10. The van der Waals surface area contributed by atoms with Crippen LogP contribution in [0.4, 0.5) is 0 Å². The summed E-state index contributed by atoms with van der Waals surface area (Å²) in [6, 6.07) is 25.7. The fourth-order valence-corrected chi connectivity index (χ4v) is 12.2. The molecule has 0 amide bonds. The van der Waals surface area contributed by atoms with Gasteiger partial charge >= 0.3 is 59.7 Å². The quantitative estimate of drug-likeness (QED) is 0.0142. The molecule has 9 atom stereocenters. The summed E-state index contributed by atoms with van der Waals surface area (Å²) in [7, 11) is 0. The third kappa shape index (κ3) is 63.3. The van der Waals surface area contributed by atoms with Crippen molar-refractivity contribution in [3.8, 4) is 17.2 Å². The van der Waals surface area contributed by atoms with Crippen molar-refractivity contribution in [2.75, 3.05) is 72.7 Å². The summed E-state index contributed by atoms with van der Waals surface area (Å²) in [6.45, 7) is 21.3. The number of carbonyl (C=O) groups excluding carboxylic acids is 9. The number of hydrogen-bond donors (Lipinski definition) is 13. The Morgan fingerprint density at radius 3 is 1.06 bits per heavy atom. The molecule has 3 unspecified atom stereocenters. The van der Waals surface area contributed by atoms with E-state index in [1.165, 1.54) is 19.3 Å². The van der Waals surface area contributed by atoms with Crippen molar-refractivity contribution in [3.05, 3.63) is 91.0 Å². The van der Waals surface area contributed by atoms with Crippen LogP contribution in [0.5, 0.6) is 17.2 Å². The topological polar surface area (TPSA) is 517 Å². The molecule has 3 aromatic rings. The maximum absolute atomic E-state index is 11.8. The molecular formula is C91H150O32. The van der Waals surface area contributed by atoms with Crippen molar-refractivity contribution in [1.29, 1.82) is 0 Å². The number of ether oxygens (including phenoxy) is 9. The molecule has 32 heteroatoms. The zero-order valence-corrected chi connectivity index (χ0v) is 74.7. The van der Waals surface area contributed by atoms with Crippen LogP contribution < -0.4 is 9.47 Å². The zero-order valence-electron chi connectivity index (χ0n) is 74.7. The van der Waals surface area contributed by atoms with Crippen molar-refractivity contribution >= 4 is 59.7 Å². The molecule has 0 heterocycles. The highest BCUT2D eigenvalue weighted by Crippen LogP contribution is 2.36. The summed E-state index contributed by atoms with van der Waals surface area (Å²) in [5, 5.41) is 115. The summed E-state index contributed by atoms with van der Waals surface area (Å²) >= 11 is 0. The van der Waals surface area contributed by atoms with Gasteiger partial charge in [0, 0.05) is 0 Å². The summed E-state index contributed by atoms with van der Waals surface area (Å²) < 4.78 is 44.2. The number of rotatable bonds is 46. The van der Waals surface area contributed by atoms with Gasteiger partial charge in [0.1, 0.15) is 74.2 Å². The molecule has 0 aromatic heterocycles. The van der Waals surface area contributed by atoms with E-state index in [4.69, 9.17) is 94.1 Å². The van der Waals surface area contributed by atoms with Crippen molar-refractivity contribution < 1.29 is 157 Å². The van der Waals surface area contributed by atoms with Gasteiger partial charge in [0.25, 0.3) is 0 Å². The van der Waals surface area contributed by atoms with E-state index >= 15 is 0 Å². The fraction of sp³-hybridized carbons (Fsp3) is 0.692. The zero-order chi connectivity index (χ0) is 93.5. The van der Waals surface area contributed by atoms with Crippen LogP contribution in [0.15, 0.2) is 91.0 Å². The van der Waals surface area contributed by atoms with Crippen LogP contribution in [0.3, 0.4) is 0 Å². The monoisotopic (exact) mass is 1760 g/mol. The predicted octanol–water partition coefficient (Wildman–Crippen LogP) is 10.1. The first-order valence-electron chi connectivity index (χ1n) is 43.3. The van der Waals surface area contributed by atoms with Crippen LogP contribution in [0.2, 0.25) is 0 Å². The Bertz CT molecular complexity index is 3150. The number of esters is 9. The fourth-order valence-electron chi connectivity index (χ4n) is 12.2. The smallest absolute Gasteiger partial charge is 0.337 e. The lowest BCUT2D eigenvalue weighted by Gasteiger charge is -2.36. The van der Waals surface area contributed by atoms with Gasteiger partial charge in [-0.2, -0.15) is 0 Å². The van der Waals surface area contributed by atoms with E-state index < -0.39 is 125 Å². The van der Waals surface area contributed by atoms with Gasteiger partial charge in [-0.1, -0.05) is 189 Å². The number of aliphatic carboxylic acids is 1. The van der Waals surface area contributed by atoms with E-state index in [-0.39, 0.29) is 107 Å². The minimum absolute atomic E-state index is 0.0170. The van der Waals surface area contributed by atoms with E-state index in [0.717, 1.165) is 102 Å². The molecule has 0 spiro atoms. The normalized spacial score (nSPS) is 16.3. The van der Waals surface area contributed by atoms with Crippen molar-refractivity contribution in [3.63, 3.8) is 0 Å². The van der Waals surface area contributed by atoms with Crippen LogP contribution in [0.25, 0.3) is 0 Å². The maximum Gasteiger partial charge on any atom is 0.337 e. The van der Waals surface area contributed by atoms with Crippen LogP contribution >= 0.6 is 0 Å². The highest BCUT2D eigenvalue weighted by atomic mass is 16.6. The predicted molar refractivity (Wildman–Crippen MR) is 457 cm³/mol. The first-order valence-corrected chi connectivity index (χ1v) is 43.3. The van der Waals surface area contributed by atoms with E-state index in [1.807, 2.05) is 47.6 Å². The van der Waals surface area contributed by atoms with Crippen molar-refractivity contribution in [2.24, 2.45) is 53.3 Å². The Hall–Kier alpha value is -8.28. The number of carboxylic acid groups (broad SMARTS) is 1. The number of hydrogen-bond acceptors (Lipinski definition) is 31. The van der Waals surface area contributed by atoms with Crippen LogP contribution in [0, 0.1) is 53.3 Å². The van der Waals surface area contributed by atoms with Gasteiger partial charge in [-0.3, -0.25) is 43.2 Å². The average molecular weight is 1760 g/mol. The molecule has 0 radical (unpaired) electrons. The number of phenols is 1. The lowest BCUT2D eigenvalue weighted by molar-refractivity contribution is -0.168. The third-order valence-corrected chi connectivity index (χ3v) is 19.1. The lowest BCUT2D eigenvalue weighted by atomic mass is 9.75. The number of para-hydroxylation sites is 3. The minimum Gasteiger partial charge on any atom is -0.508 e. The highest BCUT2D eigenvalue weighted by Gasteiger charge is 2.35. The number of phenolic OH excluding ortho intramolecular Hbond substituents is 1. The first-order chi connectivity index (χ1) is 58.6. The second kappa shape index (κ2) is 76.2. The molecule has 0 bridgehead atoms. The molecule has 2 saturated carbocycles. The number of benzene rings is 3. The molecular weight excluding hydrogens is 1600 g/mol. The van der Waals surface area contributed by atoms with E-state index in [0.29, 0.717) is 46.8 Å². The van der Waals surface area contributed by atoms with E-state index in [9.17, 15) is 58.2 Å². The minimum atomic E-state index is -1.40. The second-order valence-electron chi connectivity index (χ2n) is 30.8. The standard InChI is InChI=1S/2C14H26O6.2C13H16O6.C13H24O4.C10H20O.C8H16O2.C6H6O/c1-3-5-11(6-4-2)14(18)19-8-7-13(17)20-10-12(16)9-15;1-3-5-11(6-4-2)14(18)19-8-7-13(17)20-12(9-15)10-16;14-8-10(15)9-18-12(16)6-7-13(17)19-11-4-2-1-3-5-11;14-8-11(9-15)19-13(17)7-6-12(16)18-10-4-2-1-3-5-10;1-8(2)10-5-4-9(3)6-12(10)17-13(16)11(15)7-14;1-7(2)9-5-4-8(3)6-10(9)11;1-3-5-7(6-4-2)8(9)10;7-6-4-2-1-3-5-6/h2*11-12,15-16H,3-10H2,1-2H3;1-5,10,14-15H,6-9H2;1-5,11,14-15H,6-9H2;8-12,14-15H,4-7H2,1-3H3;7-11H,4-6H2,1-3H3;7H,3-6H2,1-2H3,(H,9,10);1-5,7H/t;;;;9-,10+,11?,12-;8-,9+,10-;;/m....11../s1. The Balaban J connectivity index is -0.00000136. The molecule has 2 aliphatic carbocycles. The molecule has 0 aliphatic heterocycles. The molecule has 13 N–H and O–H groups in total. The van der Waals surface area contributed by atoms with Crippen LogP contribution in [-0.2, 0) is 81.1 Å². The van der Waals surface area contributed by atoms with Gasteiger partial charge < -0.3 is 109 Å². The Morgan fingerprint density at radius 1 is 0.390 bits per heavy atom. The van der Waals surface area contributed by atoms with E-state index in [1.54, 1.807) is 84.9 Å². The highest BCUT2D eigenvalue weighted by molar-refractivity contribution is 5.80. The summed E-state index contributed by atoms with van der Waals surface area (Å²) in [6.07, 6.45) is 10.8. The Morgan fingerprint density at radius 2 is 0.724 bits per heavy atom. The number of carboxylic acids is 1. The summed E-state index contributed by atoms with van der Waals surface area (Å²) in [4.78, 5) is 113. The average Bonchev–Trinajstić information content (AvgIpc) is 0.811. The molecule has 5 rings (SSSR count). The largest absolute Gasteiger partial charge is 0.508 e. The number of aliphatic hydroxyl groups is 11. The van der Waals surface area contributed by atoms with Crippen molar-refractivity contribution in [1.82, 2.24) is 0 Å². The number of aromatic hydroxyl groups is 1. The lowest BCUT2D eigenvalue weighted by Crippen LogP contribution is -2.39. The van der Waals surface area contributed by atoms with Gasteiger partial charge in [-0.05, 0) is 136 Å². The first kappa shape index (κ1) is 119.